The molecule has 168 valence electrons. The maximum Gasteiger partial charge on any atom is 0.573 e. The van der Waals surface area contributed by atoms with Crippen LogP contribution >= 0.6 is 24.8 Å². The summed E-state index contributed by atoms with van der Waals surface area (Å²) in [6, 6.07) is 4.32. The van der Waals surface area contributed by atoms with Crippen molar-refractivity contribution in [2.45, 2.75) is 43.9 Å². The van der Waals surface area contributed by atoms with Crippen LogP contribution < -0.4 is 21.5 Å². The summed E-state index contributed by atoms with van der Waals surface area (Å²) in [7, 11) is -1.72. The lowest BCUT2D eigenvalue weighted by molar-refractivity contribution is -0.274. The average molecular weight is 464 g/mol. The van der Waals surface area contributed by atoms with E-state index in [0.29, 0.717) is 24.9 Å². The normalized spacial score (nSPS) is 12.8. The monoisotopic (exact) mass is 463 g/mol. The molecule has 2 atom stereocenters. The smallest absolute Gasteiger partial charge is 0.427 e. The van der Waals surface area contributed by atoms with E-state index in [4.69, 9.17) is 11.5 Å². The van der Waals surface area contributed by atoms with Crippen molar-refractivity contribution < 1.29 is 32.8 Å². The molecule has 1 amide bonds. The van der Waals surface area contributed by atoms with Crippen molar-refractivity contribution in [3.63, 3.8) is 0 Å². The lowest BCUT2D eigenvalue weighted by Gasteiger charge is -2.19. The van der Waals surface area contributed by atoms with Gasteiger partial charge in [-0.2, -0.15) is 0 Å². The van der Waals surface area contributed by atoms with E-state index >= 15 is 0 Å². The molecule has 0 saturated heterocycles. The fraction of sp³-hybridized carbons (Fsp3) is 0.562. The molecule has 0 spiro atoms. The Morgan fingerprint density at radius 1 is 1.17 bits per heavy atom. The molecule has 0 unspecified atom stereocenters. The van der Waals surface area contributed by atoms with Crippen LogP contribution in [0.25, 0.3) is 0 Å². The molecule has 0 heterocycles. The maximum absolute atomic E-state index is 12.2. The number of ether oxygens (including phenoxy) is 1. The van der Waals surface area contributed by atoms with Crippen LogP contribution in [0.3, 0.4) is 0 Å². The second-order valence-electron chi connectivity index (χ2n) is 6.21. The van der Waals surface area contributed by atoms with Crippen LogP contribution in [0.1, 0.15) is 24.8 Å². The van der Waals surface area contributed by atoms with E-state index in [0.717, 1.165) is 18.6 Å². The van der Waals surface area contributed by atoms with Gasteiger partial charge in [-0.3, -0.25) is 4.79 Å². The van der Waals surface area contributed by atoms with Crippen LogP contribution in [0.2, 0.25) is 5.82 Å². The van der Waals surface area contributed by atoms with E-state index in [9.17, 15) is 28.0 Å². The molecule has 0 bridgehead atoms. The van der Waals surface area contributed by atoms with Gasteiger partial charge in [0, 0.05) is 12.4 Å². The zero-order valence-corrected chi connectivity index (χ0v) is 17.2. The third-order valence-electron chi connectivity index (χ3n) is 3.92. The lowest BCUT2D eigenvalue weighted by Crippen LogP contribution is -2.43. The average Bonchev–Trinajstić information content (AvgIpc) is 2.58. The van der Waals surface area contributed by atoms with Crippen LogP contribution in [0.5, 0.6) is 5.75 Å². The number of benzene rings is 1. The Kier molecular flexibility index (Phi) is 15.2. The van der Waals surface area contributed by atoms with E-state index in [-0.39, 0.29) is 43.5 Å². The first-order valence-electron chi connectivity index (χ1n) is 8.56. The van der Waals surface area contributed by atoms with Gasteiger partial charge in [-0.25, -0.2) is 0 Å². The highest BCUT2D eigenvalue weighted by Gasteiger charge is 2.31. The number of carbonyl (C=O) groups is 1. The Bertz CT molecular complexity index is 584. The van der Waals surface area contributed by atoms with Crippen molar-refractivity contribution >= 4 is 37.8 Å². The first kappa shape index (κ1) is 30.0. The van der Waals surface area contributed by atoms with Gasteiger partial charge in [-0.1, -0.05) is 18.6 Å². The van der Waals surface area contributed by atoms with Crippen molar-refractivity contribution in [3.05, 3.63) is 29.8 Å². The van der Waals surface area contributed by atoms with Gasteiger partial charge in [0.05, 0.1) is 6.04 Å². The van der Waals surface area contributed by atoms with Crippen LogP contribution in [0.4, 0.5) is 13.2 Å². The number of carbonyl (C=O) groups excluding carboxylic acids is 1. The maximum atomic E-state index is 12.2. The molecule has 29 heavy (non-hydrogen) atoms. The number of hydrogen-bond donors (Lipinski definition) is 5. The highest BCUT2D eigenvalue weighted by molar-refractivity contribution is 6.43. The minimum atomic E-state index is -4.78. The number of halogens is 5. The topological polar surface area (TPSA) is 131 Å². The fourth-order valence-corrected chi connectivity index (χ4v) is 2.42. The van der Waals surface area contributed by atoms with Gasteiger partial charge in [-0.15, -0.1) is 38.0 Å². The molecule has 0 aliphatic rings. The largest absolute Gasteiger partial charge is 0.573 e. The van der Waals surface area contributed by atoms with Gasteiger partial charge < -0.3 is 31.6 Å². The third-order valence-corrected chi connectivity index (χ3v) is 3.92. The van der Waals surface area contributed by atoms with Crippen LogP contribution in [-0.4, -0.2) is 48.6 Å². The first-order chi connectivity index (χ1) is 12.6. The van der Waals surface area contributed by atoms with Gasteiger partial charge in [-0.05, 0) is 43.5 Å². The SMILES string of the molecule is Cl.Cl.NCCCC[C@H](N)C(=O)NC[C@@H](Cc1ccc(OC(F)(F)F)cc1)B(O)O. The number of hydrogen-bond acceptors (Lipinski definition) is 6. The minimum Gasteiger partial charge on any atom is -0.427 e. The second-order valence-corrected chi connectivity index (χ2v) is 6.21. The zero-order chi connectivity index (χ0) is 20.4. The number of alkyl halides is 3. The van der Waals surface area contributed by atoms with E-state index in [1.54, 1.807) is 0 Å². The Hall–Kier alpha value is -1.24. The summed E-state index contributed by atoms with van der Waals surface area (Å²) in [6.45, 7) is 0.474. The number of rotatable bonds is 11. The summed E-state index contributed by atoms with van der Waals surface area (Å²) < 4.78 is 40.2. The highest BCUT2D eigenvalue weighted by Crippen LogP contribution is 2.24. The van der Waals surface area contributed by atoms with Gasteiger partial charge in [0.2, 0.25) is 5.91 Å². The van der Waals surface area contributed by atoms with Gasteiger partial charge in [0.25, 0.3) is 0 Å². The molecule has 1 rings (SSSR count). The van der Waals surface area contributed by atoms with Crippen LogP contribution in [-0.2, 0) is 11.2 Å². The first-order valence-corrected chi connectivity index (χ1v) is 8.56. The molecule has 7 N–H and O–H groups in total. The fourth-order valence-electron chi connectivity index (χ4n) is 2.42. The molecule has 0 aliphatic heterocycles. The molecule has 0 aliphatic carbocycles. The summed E-state index contributed by atoms with van der Waals surface area (Å²) in [4.78, 5) is 11.9. The zero-order valence-electron chi connectivity index (χ0n) is 15.6. The van der Waals surface area contributed by atoms with Gasteiger partial charge in [0.1, 0.15) is 5.75 Å². The number of amides is 1. The third kappa shape index (κ3) is 12.8. The summed E-state index contributed by atoms with van der Waals surface area (Å²) in [5.41, 5.74) is 11.7. The number of unbranched alkanes of at least 4 members (excludes halogenated alkanes) is 1. The Labute approximate surface area is 180 Å². The van der Waals surface area contributed by atoms with Crippen molar-refractivity contribution in [2.24, 2.45) is 11.5 Å². The molecular weight excluding hydrogens is 437 g/mol. The highest BCUT2D eigenvalue weighted by atomic mass is 35.5. The Balaban J connectivity index is 0. The van der Waals surface area contributed by atoms with Crippen molar-refractivity contribution in [1.29, 1.82) is 0 Å². The summed E-state index contributed by atoms with van der Waals surface area (Å²) in [5, 5.41) is 21.5. The van der Waals surface area contributed by atoms with Crippen molar-refractivity contribution in [2.75, 3.05) is 13.1 Å². The van der Waals surface area contributed by atoms with Crippen LogP contribution in [0, 0.1) is 0 Å². The summed E-state index contributed by atoms with van der Waals surface area (Å²) >= 11 is 0. The molecule has 0 saturated carbocycles. The van der Waals surface area contributed by atoms with Crippen molar-refractivity contribution in [1.82, 2.24) is 5.32 Å². The molecule has 0 fully saturated rings. The molecule has 1 aromatic carbocycles. The number of nitrogens with one attached hydrogen (secondary N) is 1. The molecule has 13 heteroatoms. The van der Waals surface area contributed by atoms with Crippen LogP contribution in [0.15, 0.2) is 24.3 Å². The molecular formula is C16H27BCl2F3N3O4. The quantitative estimate of drug-likeness (QED) is 0.249. The van der Waals surface area contributed by atoms with E-state index in [1.807, 2.05) is 0 Å². The predicted molar refractivity (Wildman–Crippen MR) is 109 cm³/mol. The van der Waals surface area contributed by atoms with Gasteiger partial charge >= 0.3 is 13.5 Å². The molecule has 0 aromatic heterocycles. The lowest BCUT2D eigenvalue weighted by atomic mass is 9.69. The minimum absolute atomic E-state index is 0. The second kappa shape index (κ2) is 14.7. The Morgan fingerprint density at radius 2 is 1.76 bits per heavy atom. The molecule has 1 aromatic rings. The Morgan fingerprint density at radius 3 is 2.24 bits per heavy atom. The predicted octanol–water partition coefficient (Wildman–Crippen LogP) is 1.39. The summed E-state index contributed by atoms with van der Waals surface area (Å²) in [6.07, 6.45) is -2.71. The number of nitrogens with two attached hydrogens (primary N) is 2. The molecule has 0 radical (unpaired) electrons. The van der Waals surface area contributed by atoms with Gasteiger partial charge in [0.15, 0.2) is 0 Å². The van der Waals surface area contributed by atoms with E-state index in [1.165, 1.54) is 12.1 Å². The molecule has 7 nitrogen and oxygen atoms in total. The van der Waals surface area contributed by atoms with E-state index < -0.39 is 31.2 Å². The van der Waals surface area contributed by atoms with E-state index in [2.05, 4.69) is 10.1 Å². The van der Waals surface area contributed by atoms with Crippen molar-refractivity contribution in [3.8, 4) is 5.75 Å². The summed E-state index contributed by atoms with van der Waals surface area (Å²) in [5.74, 6) is -1.53. The standard InChI is InChI=1S/C16H25BF3N3O4.2ClH/c18-16(19,20)27-13-6-4-11(5-7-13)9-12(17(25)26)10-23-15(24)14(22)3-1-2-8-21;;/h4-7,12,14,25-26H,1-3,8-10,21-22H2,(H,23,24);2*1H/t12-,14+;;/m1../s1.